The van der Waals surface area contributed by atoms with Crippen molar-refractivity contribution in [2.75, 3.05) is 24.2 Å². The lowest BCUT2D eigenvalue weighted by Crippen LogP contribution is -2.46. The van der Waals surface area contributed by atoms with E-state index in [9.17, 15) is 19.2 Å². The van der Waals surface area contributed by atoms with Crippen molar-refractivity contribution >= 4 is 41.1 Å². The second-order valence-electron chi connectivity index (χ2n) is 6.01. The number of carbonyl (C=O) groups is 4. The molecule has 3 N–H and O–H groups in total. The molecule has 1 aromatic carbocycles. The maximum Gasteiger partial charge on any atom is 0.338 e. The van der Waals surface area contributed by atoms with E-state index in [-0.39, 0.29) is 17.4 Å². The van der Waals surface area contributed by atoms with E-state index >= 15 is 0 Å². The molecule has 0 fully saturated rings. The van der Waals surface area contributed by atoms with E-state index in [1.807, 2.05) is 6.92 Å². The molecule has 27 heavy (non-hydrogen) atoms. The molecule has 0 aliphatic carbocycles. The second-order valence-corrected chi connectivity index (χ2v) is 7.15. The number of thioether (sulfide) groups is 1. The van der Waals surface area contributed by atoms with Crippen molar-refractivity contribution in [1.82, 2.24) is 10.6 Å². The number of benzene rings is 1. The van der Waals surface area contributed by atoms with Crippen molar-refractivity contribution in [3.05, 3.63) is 23.8 Å². The van der Waals surface area contributed by atoms with Crippen LogP contribution < -0.4 is 16.0 Å². The van der Waals surface area contributed by atoms with E-state index in [4.69, 9.17) is 4.74 Å². The molecule has 0 radical (unpaired) electrons. The maximum atomic E-state index is 12.2. The third-order valence-electron chi connectivity index (χ3n) is 3.73. The van der Waals surface area contributed by atoms with Crippen molar-refractivity contribution in [3.8, 4) is 0 Å². The number of carbonyl (C=O) groups excluding carboxylic acids is 4. The highest BCUT2D eigenvalue weighted by molar-refractivity contribution is 7.99. The van der Waals surface area contributed by atoms with Gasteiger partial charge in [-0.05, 0) is 31.5 Å². The topological polar surface area (TPSA) is 114 Å². The quantitative estimate of drug-likeness (QED) is 0.602. The van der Waals surface area contributed by atoms with Crippen molar-refractivity contribution in [2.45, 2.75) is 37.6 Å². The van der Waals surface area contributed by atoms with Crippen LogP contribution in [-0.2, 0) is 19.1 Å². The number of fused-ring (bicyclic) bond motifs is 1. The molecule has 1 heterocycles. The molecule has 9 heteroatoms. The van der Waals surface area contributed by atoms with E-state index in [2.05, 4.69) is 16.0 Å². The Morgan fingerprint density at radius 3 is 2.85 bits per heavy atom. The van der Waals surface area contributed by atoms with Crippen LogP contribution >= 0.6 is 11.8 Å². The summed E-state index contributed by atoms with van der Waals surface area (Å²) in [6.45, 7) is 3.51. The Morgan fingerprint density at radius 2 is 2.11 bits per heavy atom. The maximum absolute atomic E-state index is 12.2. The first-order valence-electron chi connectivity index (χ1n) is 8.71. The number of anilines is 1. The molecule has 1 aromatic rings. The molecule has 3 amide bonds. The number of esters is 1. The summed E-state index contributed by atoms with van der Waals surface area (Å²) in [7, 11) is 0. The summed E-state index contributed by atoms with van der Waals surface area (Å²) in [6.07, 6.45) is 1.20. The molecule has 2 rings (SSSR count). The number of hydrogen-bond donors (Lipinski definition) is 3. The predicted octanol–water partition coefficient (Wildman–Crippen LogP) is 1.31. The largest absolute Gasteiger partial charge is 0.452 e. The smallest absolute Gasteiger partial charge is 0.338 e. The second kappa shape index (κ2) is 9.96. The van der Waals surface area contributed by atoms with Gasteiger partial charge < -0.3 is 20.7 Å². The number of rotatable bonds is 7. The van der Waals surface area contributed by atoms with E-state index in [1.165, 1.54) is 17.8 Å². The van der Waals surface area contributed by atoms with Crippen LogP contribution in [0.1, 0.15) is 37.0 Å². The fourth-order valence-corrected chi connectivity index (χ4v) is 3.25. The molecule has 1 aliphatic rings. The Balaban J connectivity index is 1.87. The fourth-order valence-electron chi connectivity index (χ4n) is 2.31. The Labute approximate surface area is 161 Å². The van der Waals surface area contributed by atoms with Crippen LogP contribution in [0.3, 0.4) is 0 Å². The summed E-state index contributed by atoms with van der Waals surface area (Å²) in [5.41, 5.74) is 0.792. The predicted molar refractivity (Wildman–Crippen MR) is 102 cm³/mol. The van der Waals surface area contributed by atoms with Crippen LogP contribution in [-0.4, -0.2) is 48.6 Å². The fraction of sp³-hybridized carbons (Fsp3) is 0.444. The van der Waals surface area contributed by atoms with Gasteiger partial charge in [0.1, 0.15) is 6.04 Å². The zero-order valence-electron chi connectivity index (χ0n) is 15.3. The monoisotopic (exact) mass is 393 g/mol. The standard InChI is InChI=1S/C18H23N3O5S/c1-3-7-19-17(24)11(2)20-16(23)10-26-18(25)12-4-5-14-13(9-12)21-15(22)6-8-27-14/h4-5,9,11H,3,6-8,10H2,1-2H3,(H,19,24)(H,20,23)(H,21,22)/t11-/m1/s1. The lowest BCUT2D eigenvalue weighted by Gasteiger charge is -2.14. The minimum Gasteiger partial charge on any atom is -0.452 e. The first-order valence-corrected chi connectivity index (χ1v) is 9.70. The summed E-state index contributed by atoms with van der Waals surface area (Å²) < 4.78 is 5.00. The normalized spacial score (nSPS) is 14.2. The zero-order valence-corrected chi connectivity index (χ0v) is 16.1. The number of amides is 3. The summed E-state index contributed by atoms with van der Waals surface area (Å²) in [5, 5.41) is 7.89. The van der Waals surface area contributed by atoms with Crippen LogP contribution in [0.15, 0.2) is 23.1 Å². The lowest BCUT2D eigenvalue weighted by atomic mass is 10.2. The molecular weight excluding hydrogens is 370 g/mol. The highest BCUT2D eigenvalue weighted by Gasteiger charge is 2.19. The summed E-state index contributed by atoms with van der Waals surface area (Å²) in [4.78, 5) is 48.3. The molecule has 0 unspecified atom stereocenters. The highest BCUT2D eigenvalue weighted by atomic mass is 32.2. The first-order chi connectivity index (χ1) is 12.9. The van der Waals surface area contributed by atoms with Crippen LogP contribution in [0.2, 0.25) is 0 Å². The highest BCUT2D eigenvalue weighted by Crippen LogP contribution is 2.31. The minimum atomic E-state index is -0.720. The van der Waals surface area contributed by atoms with E-state index in [1.54, 1.807) is 19.1 Å². The molecule has 0 bridgehead atoms. The van der Waals surface area contributed by atoms with E-state index < -0.39 is 24.5 Å². The van der Waals surface area contributed by atoms with Gasteiger partial charge in [0.15, 0.2) is 6.61 Å². The average molecular weight is 393 g/mol. The van der Waals surface area contributed by atoms with Crippen molar-refractivity contribution < 1.29 is 23.9 Å². The Hall–Kier alpha value is -2.55. The molecular formula is C18H23N3O5S. The van der Waals surface area contributed by atoms with Gasteiger partial charge in [0.2, 0.25) is 11.8 Å². The van der Waals surface area contributed by atoms with Gasteiger partial charge in [-0.25, -0.2) is 4.79 Å². The minimum absolute atomic E-state index is 0.110. The Bertz CT molecular complexity index is 738. The van der Waals surface area contributed by atoms with Crippen LogP contribution in [0.25, 0.3) is 0 Å². The van der Waals surface area contributed by atoms with Crippen molar-refractivity contribution in [1.29, 1.82) is 0 Å². The van der Waals surface area contributed by atoms with Gasteiger partial charge in [-0.2, -0.15) is 0 Å². The van der Waals surface area contributed by atoms with Crippen molar-refractivity contribution in [3.63, 3.8) is 0 Å². The molecule has 0 saturated carbocycles. The van der Waals surface area contributed by atoms with Gasteiger partial charge in [-0.3, -0.25) is 14.4 Å². The molecule has 0 spiro atoms. The number of hydrogen-bond acceptors (Lipinski definition) is 6. The molecule has 1 atom stereocenters. The molecule has 0 aromatic heterocycles. The lowest BCUT2D eigenvalue weighted by molar-refractivity contribution is -0.130. The van der Waals surface area contributed by atoms with Gasteiger partial charge in [0.05, 0.1) is 11.3 Å². The van der Waals surface area contributed by atoms with Crippen LogP contribution in [0.4, 0.5) is 5.69 Å². The summed E-state index contributed by atoms with van der Waals surface area (Å²) in [6, 6.07) is 4.14. The average Bonchev–Trinajstić information content (AvgIpc) is 2.83. The molecule has 146 valence electrons. The van der Waals surface area contributed by atoms with Crippen LogP contribution in [0, 0.1) is 0 Å². The molecule has 8 nitrogen and oxygen atoms in total. The third-order valence-corrected chi connectivity index (χ3v) is 4.81. The SMILES string of the molecule is CCCNC(=O)[C@@H](C)NC(=O)COC(=O)c1ccc2c(c1)NC(=O)CCS2. The van der Waals surface area contributed by atoms with E-state index in [0.29, 0.717) is 24.4 Å². The summed E-state index contributed by atoms with van der Waals surface area (Å²) in [5.74, 6) is -0.982. The van der Waals surface area contributed by atoms with Gasteiger partial charge in [0.25, 0.3) is 5.91 Å². The molecule has 0 saturated heterocycles. The zero-order chi connectivity index (χ0) is 19.8. The van der Waals surface area contributed by atoms with Gasteiger partial charge in [-0.1, -0.05) is 6.92 Å². The van der Waals surface area contributed by atoms with Gasteiger partial charge >= 0.3 is 5.97 Å². The Morgan fingerprint density at radius 1 is 1.33 bits per heavy atom. The molecule has 1 aliphatic heterocycles. The number of ether oxygens (including phenoxy) is 1. The van der Waals surface area contributed by atoms with Crippen LogP contribution in [0.5, 0.6) is 0 Å². The summed E-state index contributed by atoms with van der Waals surface area (Å²) >= 11 is 1.53. The number of nitrogens with one attached hydrogen (secondary N) is 3. The Kier molecular flexibility index (Phi) is 7.66. The van der Waals surface area contributed by atoms with Gasteiger partial charge in [0, 0.05) is 23.6 Å². The van der Waals surface area contributed by atoms with Gasteiger partial charge in [-0.15, -0.1) is 11.8 Å². The third kappa shape index (κ3) is 6.28. The first kappa shape index (κ1) is 20.8. The van der Waals surface area contributed by atoms with Crippen molar-refractivity contribution in [2.24, 2.45) is 0 Å². The van der Waals surface area contributed by atoms with E-state index in [0.717, 1.165) is 11.3 Å².